The third-order valence-corrected chi connectivity index (χ3v) is 9.28. The van der Waals surface area contributed by atoms with Crippen molar-refractivity contribution < 1.29 is 19.4 Å². The van der Waals surface area contributed by atoms with Crippen molar-refractivity contribution >= 4 is 35.3 Å². The normalized spacial score (nSPS) is 29.9. The second kappa shape index (κ2) is 10.8. The third kappa shape index (κ3) is 5.16. The van der Waals surface area contributed by atoms with Crippen molar-refractivity contribution in [2.45, 2.75) is 88.1 Å². The summed E-state index contributed by atoms with van der Waals surface area (Å²) in [6.45, 7) is 5.71. The SMILES string of the molecule is O=C(O)OC1CCN(C2CCCC3C2OC(=S)N3C2CCN(c3ccnc(N4CCCC4)n3)CC2)CC1. The molecule has 5 aliphatic rings. The summed E-state index contributed by atoms with van der Waals surface area (Å²) in [5, 5.41) is 9.61. The van der Waals surface area contributed by atoms with Gasteiger partial charge in [0.05, 0.1) is 6.04 Å². The third-order valence-electron chi connectivity index (χ3n) is 8.98. The van der Waals surface area contributed by atoms with Crippen LogP contribution in [0.3, 0.4) is 0 Å². The van der Waals surface area contributed by atoms with Crippen molar-refractivity contribution in [3.63, 3.8) is 0 Å². The van der Waals surface area contributed by atoms with Gasteiger partial charge < -0.3 is 29.3 Å². The smallest absolute Gasteiger partial charge is 0.464 e. The van der Waals surface area contributed by atoms with Crippen molar-refractivity contribution in [2.24, 2.45) is 0 Å². The Hall–Kier alpha value is -2.40. The number of hydrogen-bond donors (Lipinski definition) is 1. The van der Waals surface area contributed by atoms with Gasteiger partial charge in [-0.05, 0) is 76.1 Å². The topological polar surface area (TPSA) is 94.5 Å². The van der Waals surface area contributed by atoms with Crippen LogP contribution in [0.2, 0.25) is 0 Å². The Morgan fingerprint density at radius 2 is 1.68 bits per heavy atom. The first-order valence-electron chi connectivity index (χ1n) is 14.0. The van der Waals surface area contributed by atoms with Crippen LogP contribution in [0.25, 0.3) is 0 Å². The van der Waals surface area contributed by atoms with Crippen molar-refractivity contribution in [3.05, 3.63) is 12.3 Å². The number of aromatic nitrogens is 2. The molecule has 1 aromatic rings. The summed E-state index contributed by atoms with van der Waals surface area (Å²) in [7, 11) is 0. The van der Waals surface area contributed by atoms with Crippen LogP contribution in [0.1, 0.15) is 57.8 Å². The van der Waals surface area contributed by atoms with Gasteiger partial charge in [-0.15, -0.1) is 0 Å². The van der Waals surface area contributed by atoms with E-state index in [0.717, 1.165) is 89.6 Å². The van der Waals surface area contributed by atoms with Gasteiger partial charge in [0, 0.05) is 57.5 Å². The van der Waals surface area contributed by atoms with E-state index >= 15 is 0 Å². The Morgan fingerprint density at radius 1 is 0.946 bits per heavy atom. The van der Waals surface area contributed by atoms with Gasteiger partial charge in [-0.1, -0.05) is 0 Å². The fourth-order valence-electron chi connectivity index (χ4n) is 7.12. The molecule has 37 heavy (non-hydrogen) atoms. The molecular formula is C26H38N6O4S. The maximum absolute atomic E-state index is 10.9. The lowest BCUT2D eigenvalue weighted by Gasteiger charge is -2.45. The van der Waals surface area contributed by atoms with Gasteiger partial charge in [-0.2, -0.15) is 4.98 Å². The van der Waals surface area contributed by atoms with Crippen LogP contribution in [0.4, 0.5) is 16.6 Å². The van der Waals surface area contributed by atoms with E-state index in [9.17, 15) is 4.79 Å². The Kier molecular flexibility index (Phi) is 7.25. The zero-order chi connectivity index (χ0) is 25.4. The molecule has 10 nitrogen and oxygen atoms in total. The number of fused-ring (bicyclic) bond motifs is 1. The number of carbonyl (C=O) groups is 1. The molecule has 1 aromatic heterocycles. The van der Waals surface area contributed by atoms with Crippen LogP contribution >= 0.6 is 12.2 Å². The van der Waals surface area contributed by atoms with Crippen LogP contribution in [-0.4, -0.2) is 106 Å². The molecule has 11 heteroatoms. The van der Waals surface area contributed by atoms with Crippen molar-refractivity contribution in [1.29, 1.82) is 0 Å². The van der Waals surface area contributed by atoms with Gasteiger partial charge in [-0.25, -0.2) is 9.78 Å². The number of piperidine rings is 2. The lowest BCUT2D eigenvalue weighted by Crippen LogP contribution is -2.56. The molecule has 3 unspecified atom stereocenters. The molecule has 3 atom stereocenters. The molecular weight excluding hydrogens is 492 g/mol. The highest BCUT2D eigenvalue weighted by molar-refractivity contribution is 7.80. The second-order valence-electron chi connectivity index (χ2n) is 11.1. The Balaban J connectivity index is 1.06. The summed E-state index contributed by atoms with van der Waals surface area (Å²) >= 11 is 5.82. The second-order valence-corrected chi connectivity index (χ2v) is 11.4. The van der Waals surface area contributed by atoms with Crippen LogP contribution in [0.15, 0.2) is 12.3 Å². The predicted octanol–water partition coefficient (Wildman–Crippen LogP) is 3.11. The standard InChI is InChI=1S/C26H38N6O4S/c33-26(34)35-19-9-16-29(17-10-19)20-4-3-5-21-23(20)36-25(37)32(21)18-7-14-30(15-8-18)22-6-11-27-24(28-22)31-12-1-2-13-31/h6,11,18-21,23H,1-5,7-10,12-17H2,(H,33,34). The highest BCUT2D eigenvalue weighted by Gasteiger charge is 2.50. The average molecular weight is 531 g/mol. The molecule has 0 amide bonds. The van der Waals surface area contributed by atoms with E-state index in [1.54, 1.807) is 0 Å². The molecule has 0 radical (unpaired) electrons. The van der Waals surface area contributed by atoms with Crippen molar-refractivity contribution in [1.82, 2.24) is 19.8 Å². The summed E-state index contributed by atoms with van der Waals surface area (Å²) in [5.74, 6) is 1.89. The van der Waals surface area contributed by atoms with Crippen LogP contribution in [0.5, 0.6) is 0 Å². The molecule has 4 aliphatic heterocycles. The Bertz CT molecular complexity index is 978. The van der Waals surface area contributed by atoms with Gasteiger partial charge in [-0.3, -0.25) is 4.90 Å². The molecule has 5 fully saturated rings. The molecule has 4 saturated heterocycles. The lowest BCUT2D eigenvalue weighted by atomic mass is 9.85. The van der Waals surface area contributed by atoms with E-state index in [2.05, 4.69) is 24.6 Å². The van der Waals surface area contributed by atoms with Crippen LogP contribution < -0.4 is 9.80 Å². The van der Waals surface area contributed by atoms with E-state index in [1.807, 2.05) is 12.3 Å². The number of likely N-dealkylation sites (tertiary alicyclic amines) is 1. The predicted molar refractivity (Wildman–Crippen MR) is 143 cm³/mol. The summed E-state index contributed by atoms with van der Waals surface area (Å²) < 4.78 is 11.4. The molecule has 1 aliphatic carbocycles. The van der Waals surface area contributed by atoms with E-state index < -0.39 is 6.16 Å². The first-order chi connectivity index (χ1) is 18.1. The lowest BCUT2D eigenvalue weighted by molar-refractivity contribution is -0.0219. The molecule has 0 bridgehead atoms. The number of nitrogens with zero attached hydrogens (tertiary/aromatic N) is 6. The summed E-state index contributed by atoms with van der Waals surface area (Å²) in [6, 6.07) is 3.09. The monoisotopic (exact) mass is 530 g/mol. The van der Waals surface area contributed by atoms with Crippen LogP contribution in [-0.2, 0) is 9.47 Å². The minimum Gasteiger partial charge on any atom is -0.464 e. The highest BCUT2D eigenvalue weighted by Crippen LogP contribution is 2.39. The first kappa shape index (κ1) is 24.9. The van der Waals surface area contributed by atoms with E-state index in [1.165, 1.54) is 19.3 Å². The number of ether oxygens (including phenoxy) is 2. The molecule has 0 spiro atoms. The summed E-state index contributed by atoms with van der Waals surface area (Å²) in [4.78, 5) is 29.9. The average Bonchev–Trinajstić information content (AvgIpc) is 3.57. The number of thiocarbonyl (C=S) groups is 1. The molecule has 0 aromatic carbocycles. The number of anilines is 2. The van der Waals surface area contributed by atoms with Gasteiger partial charge in [0.2, 0.25) is 5.95 Å². The molecule has 5 heterocycles. The van der Waals surface area contributed by atoms with Crippen molar-refractivity contribution in [3.8, 4) is 0 Å². The van der Waals surface area contributed by atoms with Crippen LogP contribution in [0, 0.1) is 0 Å². The fourth-order valence-corrected chi connectivity index (χ4v) is 7.52. The number of hydrogen-bond acceptors (Lipinski definition) is 9. The number of rotatable bonds is 5. The minimum absolute atomic E-state index is 0.0982. The molecule has 1 N–H and O–H groups in total. The van der Waals surface area contributed by atoms with E-state index in [4.69, 9.17) is 31.8 Å². The summed E-state index contributed by atoms with van der Waals surface area (Å²) in [5.41, 5.74) is 0. The summed E-state index contributed by atoms with van der Waals surface area (Å²) in [6.07, 6.45) is 10.0. The zero-order valence-corrected chi connectivity index (χ0v) is 22.2. The van der Waals surface area contributed by atoms with Gasteiger partial charge >= 0.3 is 6.16 Å². The number of carboxylic acid groups (broad SMARTS) is 1. The largest absolute Gasteiger partial charge is 0.506 e. The van der Waals surface area contributed by atoms with Gasteiger partial charge in [0.15, 0.2) is 0 Å². The first-order valence-corrected chi connectivity index (χ1v) is 14.4. The van der Waals surface area contributed by atoms with E-state index in [-0.39, 0.29) is 12.2 Å². The zero-order valence-electron chi connectivity index (χ0n) is 21.4. The van der Waals surface area contributed by atoms with Gasteiger partial charge in [0.25, 0.3) is 5.17 Å². The molecule has 6 rings (SSSR count). The highest BCUT2D eigenvalue weighted by atomic mass is 32.1. The fraction of sp³-hybridized carbons (Fsp3) is 0.769. The van der Waals surface area contributed by atoms with Gasteiger partial charge in [0.1, 0.15) is 18.0 Å². The Labute approximate surface area is 223 Å². The molecule has 1 saturated carbocycles. The quantitative estimate of drug-likeness (QED) is 0.449. The Morgan fingerprint density at radius 3 is 2.41 bits per heavy atom. The molecule has 202 valence electrons. The van der Waals surface area contributed by atoms with E-state index in [0.29, 0.717) is 23.3 Å². The van der Waals surface area contributed by atoms with Crippen molar-refractivity contribution in [2.75, 3.05) is 49.1 Å². The maximum atomic E-state index is 10.9. The minimum atomic E-state index is -1.17. The maximum Gasteiger partial charge on any atom is 0.506 e.